The second-order valence-electron chi connectivity index (χ2n) is 7.63. The van der Waals surface area contributed by atoms with Crippen molar-refractivity contribution >= 4 is 17.5 Å². The molecular formula is C21H32N2O2. The van der Waals surface area contributed by atoms with Crippen molar-refractivity contribution in [3.05, 3.63) is 29.8 Å². The number of benzene rings is 1. The average molecular weight is 344 g/mol. The lowest BCUT2D eigenvalue weighted by Crippen LogP contribution is -2.39. The number of carbonyl (C=O) groups excluding carboxylic acids is 2. The monoisotopic (exact) mass is 344 g/mol. The Balaban J connectivity index is 1.81. The highest BCUT2D eigenvalue weighted by molar-refractivity contribution is 5.92. The summed E-state index contributed by atoms with van der Waals surface area (Å²) in [6.07, 6.45) is 4.11. The quantitative estimate of drug-likeness (QED) is 0.800. The van der Waals surface area contributed by atoms with Crippen LogP contribution in [0.2, 0.25) is 0 Å². The first kappa shape index (κ1) is 19.5. The minimum atomic E-state index is 0.0115. The highest BCUT2D eigenvalue weighted by atomic mass is 16.2. The smallest absolute Gasteiger partial charge is 0.227 e. The topological polar surface area (TPSA) is 58.2 Å². The normalized spacial score (nSPS) is 21.6. The number of anilines is 1. The summed E-state index contributed by atoms with van der Waals surface area (Å²) in [5, 5.41) is 6.08. The van der Waals surface area contributed by atoms with E-state index in [4.69, 9.17) is 0 Å². The molecule has 1 aromatic rings. The molecule has 2 N–H and O–H groups in total. The average Bonchev–Trinajstić information content (AvgIpc) is 2.62. The number of carbonyl (C=O) groups is 2. The Morgan fingerprint density at radius 2 is 1.48 bits per heavy atom. The van der Waals surface area contributed by atoms with Gasteiger partial charge in [0.05, 0.1) is 0 Å². The molecule has 1 saturated carbocycles. The number of amides is 2. The Labute approximate surface area is 151 Å². The molecule has 0 heterocycles. The molecule has 1 aromatic carbocycles. The van der Waals surface area contributed by atoms with E-state index in [1.807, 2.05) is 19.1 Å². The molecule has 4 heteroatoms. The highest BCUT2D eigenvalue weighted by Crippen LogP contribution is 2.30. The Kier molecular flexibility index (Phi) is 7.03. The standard InChI is InChI=1S/C21H32N2O2/c1-5-15(4)22-20(24)17-6-8-18(9-7-17)21(25)23-19-12-10-16(11-13-19)14(2)3/h10-15,17-18H,5-9H2,1-4H3,(H,22,24)(H,23,25). The maximum atomic E-state index is 12.5. The zero-order valence-electron chi connectivity index (χ0n) is 16.0. The van der Waals surface area contributed by atoms with Crippen molar-refractivity contribution < 1.29 is 9.59 Å². The minimum absolute atomic E-state index is 0.0115. The van der Waals surface area contributed by atoms with Gasteiger partial charge in [-0.3, -0.25) is 9.59 Å². The van der Waals surface area contributed by atoms with Gasteiger partial charge in [0.25, 0.3) is 0 Å². The zero-order chi connectivity index (χ0) is 18.4. The van der Waals surface area contributed by atoms with Crippen LogP contribution in [0.25, 0.3) is 0 Å². The van der Waals surface area contributed by atoms with Gasteiger partial charge in [-0.15, -0.1) is 0 Å². The predicted octanol–water partition coefficient (Wildman–Crippen LogP) is 4.47. The summed E-state index contributed by atoms with van der Waals surface area (Å²) < 4.78 is 0. The van der Waals surface area contributed by atoms with E-state index in [0.29, 0.717) is 5.92 Å². The summed E-state index contributed by atoms with van der Waals surface area (Å²) in [4.78, 5) is 24.7. The molecule has 0 radical (unpaired) electrons. The maximum absolute atomic E-state index is 12.5. The second kappa shape index (κ2) is 9.02. The first-order chi connectivity index (χ1) is 11.9. The van der Waals surface area contributed by atoms with E-state index in [2.05, 4.69) is 43.5 Å². The molecule has 0 aliphatic heterocycles. The summed E-state index contributed by atoms with van der Waals surface area (Å²) in [6, 6.07) is 8.30. The first-order valence-electron chi connectivity index (χ1n) is 9.61. The molecule has 0 bridgehead atoms. The fraction of sp³-hybridized carbons (Fsp3) is 0.619. The third kappa shape index (κ3) is 5.58. The Bertz CT molecular complexity index is 572. The Hall–Kier alpha value is -1.84. The van der Waals surface area contributed by atoms with Crippen LogP contribution in [-0.2, 0) is 9.59 Å². The summed E-state index contributed by atoms with van der Waals surface area (Å²) >= 11 is 0. The van der Waals surface area contributed by atoms with E-state index in [-0.39, 0.29) is 29.7 Å². The Morgan fingerprint density at radius 1 is 0.960 bits per heavy atom. The molecule has 0 spiro atoms. The fourth-order valence-electron chi connectivity index (χ4n) is 3.28. The molecule has 2 rings (SSSR count). The van der Waals surface area contributed by atoms with E-state index in [0.717, 1.165) is 37.8 Å². The van der Waals surface area contributed by atoms with Gasteiger partial charge >= 0.3 is 0 Å². The van der Waals surface area contributed by atoms with Crippen LogP contribution in [0.4, 0.5) is 5.69 Å². The van der Waals surface area contributed by atoms with Crippen molar-refractivity contribution in [2.45, 2.75) is 71.8 Å². The summed E-state index contributed by atoms with van der Waals surface area (Å²) in [5.74, 6) is 0.790. The van der Waals surface area contributed by atoms with Crippen molar-refractivity contribution in [1.82, 2.24) is 5.32 Å². The molecule has 25 heavy (non-hydrogen) atoms. The summed E-state index contributed by atoms with van der Waals surface area (Å²) in [6.45, 7) is 8.41. The largest absolute Gasteiger partial charge is 0.353 e. The molecule has 1 aliphatic carbocycles. The lowest BCUT2D eigenvalue weighted by molar-refractivity contribution is -0.129. The van der Waals surface area contributed by atoms with E-state index in [1.165, 1.54) is 5.56 Å². The van der Waals surface area contributed by atoms with Crippen molar-refractivity contribution in [1.29, 1.82) is 0 Å². The van der Waals surface area contributed by atoms with Crippen LogP contribution in [0.3, 0.4) is 0 Å². The van der Waals surface area contributed by atoms with Gasteiger partial charge in [0.2, 0.25) is 11.8 Å². The molecule has 2 amide bonds. The van der Waals surface area contributed by atoms with Gasteiger partial charge in [-0.1, -0.05) is 32.9 Å². The highest BCUT2D eigenvalue weighted by Gasteiger charge is 2.30. The van der Waals surface area contributed by atoms with Crippen LogP contribution in [0.5, 0.6) is 0 Å². The molecule has 1 atom stereocenters. The van der Waals surface area contributed by atoms with Crippen LogP contribution >= 0.6 is 0 Å². The van der Waals surface area contributed by atoms with Crippen LogP contribution in [0.1, 0.15) is 71.3 Å². The van der Waals surface area contributed by atoms with Gasteiger partial charge in [0, 0.05) is 23.6 Å². The molecule has 0 saturated heterocycles. The maximum Gasteiger partial charge on any atom is 0.227 e. The molecule has 4 nitrogen and oxygen atoms in total. The van der Waals surface area contributed by atoms with Gasteiger partial charge in [0.1, 0.15) is 0 Å². The van der Waals surface area contributed by atoms with Gasteiger partial charge in [-0.05, 0) is 62.6 Å². The van der Waals surface area contributed by atoms with E-state index < -0.39 is 0 Å². The molecular weight excluding hydrogens is 312 g/mol. The predicted molar refractivity (Wildman–Crippen MR) is 103 cm³/mol. The van der Waals surface area contributed by atoms with Crippen molar-refractivity contribution in [3.63, 3.8) is 0 Å². The number of hydrogen-bond donors (Lipinski definition) is 2. The second-order valence-corrected chi connectivity index (χ2v) is 7.63. The summed E-state index contributed by atoms with van der Waals surface area (Å²) in [5.41, 5.74) is 2.12. The summed E-state index contributed by atoms with van der Waals surface area (Å²) in [7, 11) is 0. The number of hydrogen-bond acceptors (Lipinski definition) is 2. The third-order valence-corrected chi connectivity index (χ3v) is 5.31. The van der Waals surface area contributed by atoms with Crippen LogP contribution in [-0.4, -0.2) is 17.9 Å². The van der Waals surface area contributed by atoms with Crippen molar-refractivity contribution in [3.8, 4) is 0 Å². The third-order valence-electron chi connectivity index (χ3n) is 5.31. The van der Waals surface area contributed by atoms with Gasteiger partial charge in [0.15, 0.2) is 0 Å². The molecule has 0 aromatic heterocycles. The van der Waals surface area contributed by atoms with Crippen molar-refractivity contribution in [2.75, 3.05) is 5.32 Å². The zero-order valence-corrected chi connectivity index (χ0v) is 16.0. The molecule has 138 valence electrons. The van der Waals surface area contributed by atoms with E-state index >= 15 is 0 Å². The van der Waals surface area contributed by atoms with E-state index in [9.17, 15) is 9.59 Å². The lowest BCUT2D eigenvalue weighted by Gasteiger charge is -2.28. The SMILES string of the molecule is CCC(C)NC(=O)C1CCC(C(=O)Nc2ccc(C(C)C)cc2)CC1. The van der Waals surface area contributed by atoms with E-state index in [1.54, 1.807) is 0 Å². The number of nitrogens with one attached hydrogen (secondary N) is 2. The molecule has 1 aliphatic rings. The van der Waals surface area contributed by atoms with Gasteiger partial charge in [-0.2, -0.15) is 0 Å². The first-order valence-corrected chi connectivity index (χ1v) is 9.61. The van der Waals surface area contributed by atoms with Crippen LogP contribution in [0.15, 0.2) is 24.3 Å². The van der Waals surface area contributed by atoms with Crippen LogP contribution in [0, 0.1) is 11.8 Å². The fourth-order valence-corrected chi connectivity index (χ4v) is 3.28. The van der Waals surface area contributed by atoms with Crippen LogP contribution < -0.4 is 10.6 Å². The van der Waals surface area contributed by atoms with Gasteiger partial charge < -0.3 is 10.6 Å². The van der Waals surface area contributed by atoms with Crippen molar-refractivity contribution in [2.24, 2.45) is 11.8 Å². The molecule has 1 unspecified atom stereocenters. The minimum Gasteiger partial charge on any atom is -0.353 e. The molecule has 1 fully saturated rings. The number of rotatable bonds is 6. The lowest BCUT2D eigenvalue weighted by atomic mass is 9.81. The van der Waals surface area contributed by atoms with Gasteiger partial charge in [-0.25, -0.2) is 0 Å². The Morgan fingerprint density at radius 3 is 1.96 bits per heavy atom.